The number of methoxy groups -OCH3 is 1. The summed E-state index contributed by atoms with van der Waals surface area (Å²) >= 11 is 0. The molecule has 21 heavy (non-hydrogen) atoms. The normalized spacial score (nSPS) is 22.0. The van der Waals surface area contributed by atoms with E-state index in [2.05, 4.69) is 54.9 Å². The van der Waals surface area contributed by atoms with Crippen LogP contribution in [0.3, 0.4) is 0 Å². The van der Waals surface area contributed by atoms with Gasteiger partial charge in [0.25, 0.3) is 0 Å². The van der Waals surface area contributed by atoms with Crippen LogP contribution < -0.4 is 5.73 Å². The summed E-state index contributed by atoms with van der Waals surface area (Å²) in [6.07, 6.45) is 1.11. The van der Waals surface area contributed by atoms with E-state index in [-0.39, 0.29) is 5.54 Å². The molecule has 1 aliphatic heterocycles. The first-order valence-electron chi connectivity index (χ1n) is 7.63. The van der Waals surface area contributed by atoms with E-state index >= 15 is 0 Å². The zero-order chi connectivity index (χ0) is 15.5. The van der Waals surface area contributed by atoms with Gasteiger partial charge in [0, 0.05) is 13.7 Å². The van der Waals surface area contributed by atoms with E-state index in [0.717, 1.165) is 13.0 Å². The number of ether oxygens (including phenoxy) is 1. The monoisotopic (exact) mass is 289 g/mol. The average Bonchev–Trinajstić information content (AvgIpc) is 2.73. The number of hydrogen-bond acceptors (Lipinski definition) is 4. The second kappa shape index (κ2) is 6.48. The lowest BCUT2D eigenvalue weighted by molar-refractivity contribution is 0.137. The van der Waals surface area contributed by atoms with Crippen molar-refractivity contribution in [2.24, 2.45) is 16.6 Å². The second-order valence-corrected chi connectivity index (χ2v) is 6.39. The topological polar surface area (TPSA) is 50.9 Å². The molecule has 1 heterocycles. The average molecular weight is 289 g/mol. The number of rotatable bonds is 6. The van der Waals surface area contributed by atoms with E-state index in [0.29, 0.717) is 25.0 Å². The molecule has 1 aliphatic rings. The summed E-state index contributed by atoms with van der Waals surface area (Å²) in [6.45, 7) is 8.79. The number of nitrogens with two attached hydrogens (primary N) is 1. The van der Waals surface area contributed by atoms with Gasteiger partial charge in [-0.1, -0.05) is 38.1 Å². The zero-order valence-electron chi connectivity index (χ0n) is 13.6. The fraction of sp³-hybridized carbons (Fsp3) is 0.588. The molecule has 0 amide bonds. The van der Waals surface area contributed by atoms with Crippen LogP contribution in [0.15, 0.2) is 29.3 Å². The van der Waals surface area contributed by atoms with Gasteiger partial charge in [0.15, 0.2) is 5.96 Å². The predicted octanol–water partition coefficient (Wildman–Crippen LogP) is 2.38. The summed E-state index contributed by atoms with van der Waals surface area (Å²) in [6, 6.07) is 8.88. The highest BCUT2D eigenvalue weighted by Crippen LogP contribution is 2.32. The maximum Gasteiger partial charge on any atom is 0.192 e. The number of hydrogen-bond donors (Lipinski definition) is 1. The van der Waals surface area contributed by atoms with Crippen molar-refractivity contribution in [3.63, 3.8) is 0 Å². The zero-order valence-corrected chi connectivity index (χ0v) is 13.6. The van der Waals surface area contributed by atoms with Crippen molar-refractivity contribution in [1.82, 2.24) is 4.90 Å². The van der Waals surface area contributed by atoms with E-state index < -0.39 is 0 Å². The number of benzene rings is 1. The highest BCUT2D eigenvalue weighted by molar-refractivity contribution is 5.81. The van der Waals surface area contributed by atoms with Crippen LogP contribution in [-0.2, 0) is 16.7 Å². The Bertz CT molecular complexity index is 495. The molecule has 0 aliphatic carbocycles. The van der Waals surface area contributed by atoms with Gasteiger partial charge in [0.05, 0.1) is 18.7 Å². The molecule has 4 heteroatoms. The highest BCUT2D eigenvalue weighted by Gasteiger charge is 2.39. The minimum atomic E-state index is -0.168. The van der Waals surface area contributed by atoms with Gasteiger partial charge in [0.2, 0.25) is 0 Å². The first-order valence-corrected chi connectivity index (χ1v) is 7.63. The van der Waals surface area contributed by atoms with Crippen molar-refractivity contribution in [3.05, 3.63) is 35.4 Å². The lowest BCUT2D eigenvalue weighted by atomic mass is 9.89. The Morgan fingerprint density at radius 1 is 1.33 bits per heavy atom. The van der Waals surface area contributed by atoms with E-state index in [1.54, 1.807) is 7.11 Å². The van der Waals surface area contributed by atoms with Crippen LogP contribution in [0, 0.1) is 5.92 Å². The summed E-state index contributed by atoms with van der Waals surface area (Å²) in [4.78, 5) is 6.58. The Hall–Kier alpha value is -1.55. The number of aliphatic imine (C=N–C) groups is 1. The van der Waals surface area contributed by atoms with Crippen LogP contribution in [0.4, 0.5) is 0 Å². The van der Waals surface area contributed by atoms with E-state index in [9.17, 15) is 0 Å². The standard InChI is InChI=1S/C17H27N3O/c1-13(2)11-14-5-7-15(8-6-14)17(3)12-19-16(18)20(17)9-10-21-4/h5-8,13H,9-12H2,1-4H3,(H2,18,19). The Balaban J connectivity index is 2.18. The fourth-order valence-corrected chi connectivity index (χ4v) is 2.92. The van der Waals surface area contributed by atoms with Crippen LogP contribution in [0.1, 0.15) is 31.9 Å². The minimum absolute atomic E-state index is 0.168. The second-order valence-electron chi connectivity index (χ2n) is 6.39. The molecule has 116 valence electrons. The molecule has 1 aromatic carbocycles. The van der Waals surface area contributed by atoms with Gasteiger partial charge in [-0.25, -0.2) is 0 Å². The Morgan fingerprint density at radius 2 is 2.00 bits per heavy atom. The molecule has 0 aromatic heterocycles. The third-order valence-corrected chi connectivity index (χ3v) is 4.16. The molecule has 0 spiro atoms. The van der Waals surface area contributed by atoms with Gasteiger partial charge in [-0.2, -0.15) is 0 Å². The summed E-state index contributed by atoms with van der Waals surface area (Å²) in [5.74, 6) is 1.29. The van der Waals surface area contributed by atoms with Gasteiger partial charge >= 0.3 is 0 Å². The van der Waals surface area contributed by atoms with E-state index in [1.807, 2.05) is 0 Å². The molecular formula is C17H27N3O. The molecule has 0 saturated carbocycles. The van der Waals surface area contributed by atoms with Crippen LogP contribution >= 0.6 is 0 Å². The van der Waals surface area contributed by atoms with Crippen molar-refractivity contribution in [2.45, 2.75) is 32.7 Å². The third kappa shape index (κ3) is 3.38. The maximum absolute atomic E-state index is 6.05. The van der Waals surface area contributed by atoms with Crippen molar-refractivity contribution in [3.8, 4) is 0 Å². The van der Waals surface area contributed by atoms with Crippen molar-refractivity contribution >= 4 is 5.96 Å². The van der Waals surface area contributed by atoms with Crippen LogP contribution in [-0.4, -0.2) is 37.7 Å². The molecule has 0 saturated heterocycles. The van der Waals surface area contributed by atoms with Crippen LogP contribution in [0.25, 0.3) is 0 Å². The van der Waals surface area contributed by atoms with Crippen molar-refractivity contribution in [1.29, 1.82) is 0 Å². The lowest BCUT2D eigenvalue weighted by Crippen LogP contribution is -2.48. The molecular weight excluding hydrogens is 262 g/mol. The van der Waals surface area contributed by atoms with Crippen LogP contribution in [0.5, 0.6) is 0 Å². The van der Waals surface area contributed by atoms with Crippen molar-refractivity contribution < 1.29 is 4.74 Å². The highest BCUT2D eigenvalue weighted by atomic mass is 16.5. The van der Waals surface area contributed by atoms with Crippen LogP contribution in [0.2, 0.25) is 0 Å². The van der Waals surface area contributed by atoms with Gasteiger partial charge in [0.1, 0.15) is 0 Å². The molecule has 0 bridgehead atoms. The van der Waals surface area contributed by atoms with Crippen molar-refractivity contribution in [2.75, 3.05) is 26.8 Å². The summed E-state index contributed by atoms with van der Waals surface area (Å²) in [7, 11) is 1.71. The molecule has 4 nitrogen and oxygen atoms in total. The summed E-state index contributed by atoms with van der Waals surface area (Å²) in [5.41, 5.74) is 8.52. The van der Waals surface area contributed by atoms with Gasteiger partial charge in [-0.15, -0.1) is 0 Å². The Kier molecular flexibility index (Phi) is 4.88. The smallest absolute Gasteiger partial charge is 0.192 e. The largest absolute Gasteiger partial charge is 0.383 e. The summed E-state index contributed by atoms with van der Waals surface area (Å²) < 4.78 is 5.19. The van der Waals surface area contributed by atoms with Gasteiger partial charge in [-0.05, 0) is 30.4 Å². The first-order chi connectivity index (χ1) is 9.97. The molecule has 2 rings (SSSR count). The fourth-order valence-electron chi connectivity index (χ4n) is 2.92. The first kappa shape index (κ1) is 15.8. The van der Waals surface area contributed by atoms with E-state index in [1.165, 1.54) is 11.1 Å². The molecule has 1 aromatic rings. The number of nitrogens with zero attached hydrogens (tertiary/aromatic N) is 2. The SMILES string of the molecule is COCCN1C(N)=NCC1(C)c1ccc(CC(C)C)cc1. The minimum Gasteiger partial charge on any atom is -0.383 e. The maximum atomic E-state index is 6.05. The molecule has 0 fully saturated rings. The molecule has 1 unspecified atom stereocenters. The summed E-state index contributed by atoms with van der Waals surface area (Å²) in [5, 5.41) is 0. The predicted molar refractivity (Wildman–Crippen MR) is 87.4 cm³/mol. The quantitative estimate of drug-likeness (QED) is 0.875. The molecule has 1 atom stereocenters. The number of guanidine groups is 1. The third-order valence-electron chi connectivity index (χ3n) is 4.16. The van der Waals surface area contributed by atoms with Gasteiger partial charge in [-0.3, -0.25) is 4.99 Å². The molecule has 2 N–H and O–H groups in total. The van der Waals surface area contributed by atoms with E-state index in [4.69, 9.17) is 10.5 Å². The Labute approximate surface area is 128 Å². The lowest BCUT2D eigenvalue weighted by Gasteiger charge is -2.36. The Morgan fingerprint density at radius 3 is 2.57 bits per heavy atom. The molecule has 0 radical (unpaired) electrons. The van der Waals surface area contributed by atoms with Gasteiger partial charge < -0.3 is 15.4 Å².